The van der Waals surface area contributed by atoms with Crippen LogP contribution >= 0.6 is 0 Å². The molecule has 106 valence electrons. The lowest BCUT2D eigenvalue weighted by Gasteiger charge is -2.05. The number of aryl methyl sites for hydroxylation is 1. The van der Waals surface area contributed by atoms with Crippen molar-refractivity contribution in [3.8, 4) is 0 Å². The third kappa shape index (κ3) is 3.50. The number of ether oxygens (including phenoxy) is 1. The maximum absolute atomic E-state index is 12.3. The van der Waals surface area contributed by atoms with Crippen LogP contribution < -0.4 is 0 Å². The molecule has 20 heavy (non-hydrogen) atoms. The molecule has 1 rings (SSSR count). The molecule has 1 aromatic rings. The van der Waals surface area contributed by atoms with Crippen LogP contribution in [-0.4, -0.2) is 23.1 Å². The number of hydrogen-bond acceptors (Lipinski definition) is 5. The fourth-order valence-corrected chi connectivity index (χ4v) is 1.59. The monoisotopic (exact) mass is 277 g/mol. The van der Waals surface area contributed by atoms with E-state index < -0.39 is 16.5 Å². The first-order valence-electron chi connectivity index (χ1n) is 6.01. The highest BCUT2D eigenvalue weighted by molar-refractivity contribution is 6.26. The Bertz CT molecular complexity index is 589. The van der Waals surface area contributed by atoms with Crippen molar-refractivity contribution in [1.29, 1.82) is 0 Å². The predicted octanol–water partition coefficient (Wildman–Crippen LogP) is 2.60. The molecule has 6 nitrogen and oxygen atoms in total. The fourth-order valence-electron chi connectivity index (χ4n) is 1.59. The van der Waals surface area contributed by atoms with Crippen molar-refractivity contribution >= 4 is 17.3 Å². The minimum absolute atomic E-state index is 0.123. The van der Waals surface area contributed by atoms with Gasteiger partial charge in [-0.05, 0) is 32.4 Å². The Kier molecular flexibility index (Phi) is 5.14. The molecule has 0 spiro atoms. The Morgan fingerprint density at radius 1 is 1.40 bits per heavy atom. The largest absolute Gasteiger partial charge is 0.501 e. The summed E-state index contributed by atoms with van der Waals surface area (Å²) in [6, 6.07) is 4.23. The molecule has 0 heterocycles. The Morgan fingerprint density at radius 2 is 2.05 bits per heavy atom. The number of nitrogens with zero attached hydrogens (tertiary/aromatic N) is 1. The summed E-state index contributed by atoms with van der Waals surface area (Å²) in [5, 5.41) is 11.0. The van der Waals surface area contributed by atoms with Crippen LogP contribution in [0.3, 0.4) is 0 Å². The smallest absolute Gasteiger partial charge is 0.280 e. The third-order valence-corrected chi connectivity index (χ3v) is 2.59. The Hall–Kier alpha value is -2.50. The molecule has 0 aliphatic rings. The van der Waals surface area contributed by atoms with Gasteiger partial charge in [0.1, 0.15) is 5.56 Å². The van der Waals surface area contributed by atoms with Crippen LogP contribution in [0.1, 0.15) is 29.8 Å². The molecule has 0 aliphatic carbocycles. The summed E-state index contributed by atoms with van der Waals surface area (Å²) in [7, 11) is 0. The topological polar surface area (TPSA) is 86.5 Å². The van der Waals surface area contributed by atoms with E-state index in [-0.39, 0.29) is 16.8 Å². The van der Waals surface area contributed by atoms with Gasteiger partial charge in [0.05, 0.1) is 23.4 Å². The van der Waals surface area contributed by atoms with Crippen LogP contribution in [0.5, 0.6) is 0 Å². The van der Waals surface area contributed by atoms with Gasteiger partial charge in [-0.2, -0.15) is 0 Å². The van der Waals surface area contributed by atoms with Crippen molar-refractivity contribution in [3.63, 3.8) is 0 Å². The van der Waals surface area contributed by atoms with E-state index in [1.54, 1.807) is 19.9 Å². The lowest BCUT2D eigenvalue weighted by molar-refractivity contribution is -0.385. The van der Waals surface area contributed by atoms with Crippen LogP contribution in [0.25, 0.3) is 0 Å². The molecule has 1 aromatic carbocycles. The van der Waals surface area contributed by atoms with Crippen LogP contribution in [0, 0.1) is 17.0 Å². The lowest BCUT2D eigenvalue weighted by Crippen LogP contribution is -2.13. The molecule has 0 atom stereocenters. The second-order valence-corrected chi connectivity index (χ2v) is 4.15. The third-order valence-electron chi connectivity index (χ3n) is 2.59. The van der Waals surface area contributed by atoms with E-state index >= 15 is 0 Å². The normalized spacial score (nSPS) is 11.1. The Balaban J connectivity index is 3.32. The van der Waals surface area contributed by atoms with Crippen molar-refractivity contribution in [3.05, 3.63) is 51.3 Å². The lowest BCUT2D eigenvalue weighted by atomic mass is 9.99. The second-order valence-electron chi connectivity index (χ2n) is 4.15. The summed E-state index contributed by atoms with van der Waals surface area (Å²) in [5.41, 5.74) is 0.00520. The van der Waals surface area contributed by atoms with Gasteiger partial charge in [0.15, 0.2) is 5.78 Å². The predicted molar refractivity (Wildman–Crippen MR) is 72.6 cm³/mol. The summed E-state index contributed by atoms with van der Waals surface area (Å²) in [4.78, 5) is 34.1. The number of benzene rings is 1. The molecular formula is C14H15NO5. The number of carbonyl (C=O) groups is 2. The van der Waals surface area contributed by atoms with Gasteiger partial charge in [-0.1, -0.05) is 6.07 Å². The number of rotatable bonds is 6. The zero-order valence-corrected chi connectivity index (χ0v) is 11.5. The number of hydrogen-bond donors (Lipinski definition) is 0. The first kappa shape index (κ1) is 15.6. The molecular weight excluding hydrogens is 262 g/mol. The van der Waals surface area contributed by atoms with Gasteiger partial charge in [0, 0.05) is 6.07 Å². The summed E-state index contributed by atoms with van der Waals surface area (Å²) in [6.45, 7) is 4.89. The van der Waals surface area contributed by atoms with Crippen molar-refractivity contribution in [2.24, 2.45) is 0 Å². The first-order chi connectivity index (χ1) is 9.38. The average molecular weight is 277 g/mol. The molecule has 0 saturated heterocycles. The van der Waals surface area contributed by atoms with Crippen molar-refractivity contribution in [1.82, 2.24) is 0 Å². The Labute approximate surface area is 116 Å². The van der Waals surface area contributed by atoms with E-state index in [9.17, 15) is 19.7 Å². The number of nitro groups is 1. The zero-order chi connectivity index (χ0) is 15.3. The van der Waals surface area contributed by atoms with E-state index in [4.69, 9.17) is 4.74 Å². The maximum atomic E-state index is 12.3. The first-order valence-corrected chi connectivity index (χ1v) is 6.01. The van der Waals surface area contributed by atoms with Gasteiger partial charge < -0.3 is 4.74 Å². The maximum Gasteiger partial charge on any atom is 0.280 e. The highest BCUT2D eigenvalue weighted by atomic mass is 16.6. The van der Waals surface area contributed by atoms with E-state index in [0.29, 0.717) is 12.2 Å². The zero-order valence-electron chi connectivity index (χ0n) is 11.5. The number of allylic oxidation sites excluding steroid dienone is 1. The standard InChI is InChI=1S/C14H15NO5/c1-4-20-8-12(10(3)16)14(17)11-6-5-9(2)7-13(11)15(18)19/h5-8H,4H2,1-3H3/b12-8-. The molecule has 0 amide bonds. The molecule has 0 aromatic heterocycles. The van der Waals surface area contributed by atoms with Crippen LogP contribution in [-0.2, 0) is 9.53 Å². The summed E-state index contributed by atoms with van der Waals surface area (Å²) < 4.78 is 4.95. The van der Waals surface area contributed by atoms with Gasteiger partial charge in [0.2, 0.25) is 5.78 Å². The van der Waals surface area contributed by atoms with Crippen LogP contribution in [0.4, 0.5) is 5.69 Å². The number of nitro benzene ring substituents is 1. The van der Waals surface area contributed by atoms with E-state index in [1.807, 2.05) is 0 Å². The van der Waals surface area contributed by atoms with Gasteiger partial charge >= 0.3 is 0 Å². The van der Waals surface area contributed by atoms with Crippen molar-refractivity contribution in [2.75, 3.05) is 6.61 Å². The highest BCUT2D eigenvalue weighted by Gasteiger charge is 2.25. The quantitative estimate of drug-likeness (QED) is 0.152. The summed E-state index contributed by atoms with van der Waals surface area (Å²) >= 11 is 0. The Morgan fingerprint density at radius 3 is 2.55 bits per heavy atom. The van der Waals surface area contributed by atoms with Crippen LogP contribution in [0.15, 0.2) is 30.0 Å². The average Bonchev–Trinajstić information content (AvgIpc) is 2.38. The summed E-state index contributed by atoms with van der Waals surface area (Å²) in [5.74, 6) is -1.21. The van der Waals surface area contributed by atoms with Gasteiger partial charge in [-0.3, -0.25) is 19.7 Å². The molecule has 0 bridgehead atoms. The molecule has 0 saturated carbocycles. The van der Waals surface area contributed by atoms with E-state index in [1.165, 1.54) is 19.1 Å². The highest BCUT2D eigenvalue weighted by Crippen LogP contribution is 2.23. The number of Topliss-reactive ketones (excluding diaryl/α,β-unsaturated/α-hetero) is 2. The molecule has 6 heteroatoms. The number of ketones is 2. The minimum Gasteiger partial charge on any atom is -0.501 e. The number of carbonyl (C=O) groups excluding carboxylic acids is 2. The van der Waals surface area contributed by atoms with Gasteiger partial charge in [0.25, 0.3) is 5.69 Å². The molecule has 0 radical (unpaired) electrons. The van der Waals surface area contributed by atoms with E-state index in [2.05, 4.69) is 0 Å². The second kappa shape index (κ2) is 6.60. The molecule has 0 N–H and O–H groups in total. The van der Waals surface area contributed by atoms with Gasteiger partial charge in [-0.25, -0.2) is 0 Å². The SMILES string of the molecule is CCO/C=C(/C(C)=O)C(=O)c1ccc(C)cc1[N+](=O)[O-]. The molecule has 0 fully saturated rings. The van der Waals surface area contributed by atoms with Crippen molar-refractivity contribution in [2.45, 2.75) is 20.8 Å². The summed E-state index contributed by atoms with van der Waals surface area (Å²) in [6.07, 6.45) is 1.05. The molecule has 0 unspecified atom stereocenters. The minimum atomic E-state index is -0.711. The van der Waals surface area contributed by atoms with Crippen LogP contribution in [0.2, 0.25) is 0 Å². The van der Waals surface area contributed by atoms with Gasteiger partial charge in [-0.15, -0.1) is 0 Å². The fraction of sp³-hybridized carbons (Fsp3) is 0.286. The molecule has 0 aliphatic heterocycles. The van der Waals surface area contributed by atoms with E-state index in [0.717, 1.165) is 6.26 Å². The van der Waals surface area contributed by atoms with Crippen molar-refractivity contribution < 1.29 is 19.2 Å².